The summed E-state index contributed by atoms with van der Waals surface area (Å²) < 4.78 is 2.22. The van der Waals surface area contributed by atoms with Crippen LogP contribution in [0.4, 0.5) is 0 Å². The first-order valence-corrected chi connectivity index (χ1v) is 6.18. The molecule has 0 spiro atoms. The van der Waals surface area contributed by atoms with E-state index in [4.69, 9.17) is 0 Å². The van der Waals surface area contributed by atoms with Crippen LogP contribution >= 0.6 is 0 Å². The van der Waals surface area contributed by atoms with Gasteiger partial charge >= 0.3 is 0 Å². The van der Waals surface area contributed by atoms with E-state index in [-0.39, 0.29) is 0 Å². The summed E-state index contributed by atoms with van der Waals surface area (Å²) in [6.07, 6.45) is 10.2. The molecule has 0 radical (unpaired) electrons. The first kappa shape index (κ1) is 10.4. The molecule has 1 atom stereocenters. The molecule has 1 aromatic carbocycles. The molecule has 86 valence electrons. The Morgan fingerprint density at radius 3 is 2.82 bits per heavy atom. The van der Waals surface area contributed by atoms with E-state index in [9.17, 15) is 0 Å². The maximum absolute atomic E-state index is 2.33. The molecule has 1 unspecified atom stereocenters. The van der Waals surface area contributed by atoms with E-state index >= 15 is 0 Å². The van der Waals surface area contributed by atoms with Gasteiger partial charge in [0, 0.05) is 30.1 Å². The highest BCUT2D eigenvalue weighted by atomic mass is 14.9. The molecule has 0 fully saturated rings. The van der Waals surface area contributed by atoms with E-state index in [1.54, 1.807) is 0 Å². The third-order valence-electron chi connectivity index (χ3n) is 3.69. The smallest absolute Gasteiger partial charge is 0.0480 e. The highest BCUT2D eigenvalue weighted by Crippen LogP contribution is 2.33. The molecule has 2 aromatic rings. The predicted molar refractivity (Wildman–Crippen MR) is 73.2 cm³/mol. The molecular formula is C16H17N. The number of benzene rings is 1. The van der Waals surface area contributed by atoms with E-state index in [0.29, 0.717) is 5.92 Å². The van der Waals surface area contributed by atoms with Crippen LogP contribution in [0.3, 0.4) is 0 Å². The van der Waals surface area contributed by atoms with Crippen molar-refractivity contribution in [2.75, 3.05) is 0 Å². The van der Waals surface area contributed by atoms with Crippen LogP contribution in [0, 0.1) is 0 Å². The Hall–Kier alpha value is -1.76. The van der Waals surface area contributed by atoms with Crippen molar-refractivity contribution in [1.29, 1.82) is 0 Å². The molecular weight excluding hydrogens is 206 g/mol. The lowest BCUT2D eigenvalue weighted by Gasteiger charge is -2.10. The minimum atomic E-state index is 0.486. The van der Waals surface area contributed by atoms with Crippen LogP contribution in [-0.4, -0.2) is 4.57 Å². The monoisotopic (exact) mass is 223 g/mol. The van der Waals surface area contributed by atoms with Gasteiger partial charge in [-0.05, 0) is 23.6 Å². The van der Waals surface area contributed by atoms with Gasteiger partial charge in [0.15, 0.2) is 0 Å². The number of rotatable bonds is 2. The maximum atomic E-state index is 2.33. The summed E-state index contributed by atoms with van der Waals surface area (Å²) in [5.74, 6) is 0.486. The molecule has 0 saturated carbocycles. The van der Waals surface area contributed by atoms with Crippen molar-refractivity contribution >= 4 is 10.9 Å². The number of nitrogens with zero attached hydrogens (tertiary/aromatic N) is 1. The summed E-state index contributed by atoms with van der Waals surface area (Å²) in [6.45, 7) is 2.29. The summed E-state index contributed by atoms with van der Waals surface area (Å²) in [5, 5.41) is 1.38. The molecule has 1 heteroatoms. The third-order valence-corrected chi connectivity index (χ3v) is 3.69. The molecule has 0 bridgehead atoms. The number of hydrogen-bond donors (Lipinski definition) is 0. The summed E-state index contributed by atoms with van der Waals surface area (Å²) in [4.78, 5) is 0. The Morgan fingerprint density at radius 2 is 2.06 bits per heavy atom. The van der Waals surface area contributed by atoms with E-state index in [1.165, 1.54) is 22.0 Å². The van der Waals surface area contributed by atoms with E-state index in [1.807, 2.05) is 0 Å². The van der Waals surface area contributed by atoms with Crippen molar-refractivity contribution in [3.63, 3.8) is 0 Å². The second kappa shape index (κ2) is 3.92. The van der Waals surface area contributed by atoms with E-state index in [0.717, 1.165) is 6.42 Å². The second-order valence-electron chi connectivity index (χ2n) is 4.78. The zero-order valence-electron chi connectivity index (χ0n) is 10.4. The average molecular weight is 223 g/mol. The van der Waals surface area contributed by atoms with Crippen LogP contribution in [0.25, 0.3) is 10.9 Å². The van der Waals surface area contributed by atoms with Gasteiger partial charge in [0.2, 0.25) is 0 Å². The van der Waals surface area contributed by atoms with Crippen molar-refractivity contribution in [2.45, 2.75) is 19.3 Å². The fraction of sp³-hybridized carbons (Fsp3) is 0.250. The van der Waals surface area contributed by atoms with Crippen LogP contribution < -0.4 is 0 Å². The van der Waals surface area contributed by atoms with Crippen LogP contribution in [-0.2, 0) is 7.05 Å². The largest absolute Gasteiger partial charge is 0.350 e. The first-order chi connectivity index (χ1) is 8.27. The zero-order valence-corrected chi connectivity index (χ0v) is 10.4. The molecule has 1 heterocycles. The average Bonchev–Trinajstić information content (AvgIpc) is 2.97. The fourth-order valence-corrected chi connectivity index (χ4v) is 2.70. The van der Waals surface area contributed by atoms with Gasteiger partial charge in [-0.2, -0.15) is 0 Å². The molecule has 1 aliphatic rings. The SMILES string of the molecule is CC(C1=CCC=C1)c1cn(C)c2ccccc12. The Labute approximate surface area is 102 Å². The Morgan fingerprint density at radius 1 is 1.24 bits per heavy atom. The fourth-order valence-electron chi connectivity index (χ4n) is 2.70. The van der Waals surface area contributed by atoms with Gasteiger partial charge in [0.1, 0.15) is 0 Å². The van der Waals surface area contributed by atoms with Gasteiger partial charge in [-0.25, -0.2) is 0 Å². The molecule has 3 rings (SSSR count). The van der Waals surface area contributed by atoms with Crippen LogP contribution in [0.5, 0.6) is 0 Å². The lowest BCUT2D eigenvalue weighted by atomic mass is 9.93. The molecule has 1 nitrogen and oxygen atoms in total. The molecule has 1 aromatic heterocycles. The summed E-state index contributed by atoms with van der Waals surface area (Å²) in [5.41, 5.74) is 4.19. The number of aryl methyl sites for hydroxylation is 1. The minimum Gasteiger partial charge on any atom is -0.350 e. The van der Waals surface area contributed by atoms with Crippen molar-refractivity contribution in [2.24, 2.45) is 7.05 Å². The number of allylic oxidation sites excluding steroid dienone is 4. The van der Waals surface area contributed by atoms with Gasteiger partial charge in [0.25, 0.3) is 0 Å². The minimum absolute atomic E-state index is 0.486. The lowest BCUT2D eigenvalue weighted by molar-refractivity contribution is 0.899. The van der Waals surface area contributed by atoms with Gasteiger partial charge in [-0.1, -0.05) is 43.4 Å². The van der Waals surface area contributed by atoms with Crippen LogP contribution in [0.1, 0.15) is 24.8 Å². The normalized spacial score (nSPS) is 16.5. The number of aromatic nitrogens is 1. The third kappa shape index (κ3) is 1.62. The molecule has 0 N–H and O–H groups in total. The van der Waals surface area contributed by atoms with Crippen molar-refractivity contribution in [3.8, 4) is 0 Å². The number of fused-ring (bicyclic) bond motifs is 1. The standard InChI is InChI=1S/C16H17N/c1-12(13-7-3-4-8-13)15-11-17(2)16-10-6-5-9-14(15)16/h3,5-12H,4H2,1-2H3. The van der Waals surface area contributed by atoms with Gasteiger partial charge in [-0.15, -0.1) is 0 Å². The first-order valence-electron chi connectivity index (χ1n) is 6.18. The Balaban J connectivity index is 2.14. The molecule has 17 heavy (non-hydrogen) atoms. The maximum Gasteiger partial charge on any atom is 0.0480 e. The van der Waals surface area contributed by atoms with Crippen molar-refractivity contribution in [3.05, 3.63) is 59.8 Å². The summed E-state index contributed by atoms with van der Waals surface area (Å²) in [7, 11) is 2.12. The highest BCUT2D eigenvalue weighted by molar-refractivity contribution is 5.85. The molecule has 0 aliphatic heterocycles. The number of hydrogen-bond acceptors (Lipinski definition) is 0. The van der Waals surface area contributed by atoms with Gasteiger partial charge in [0.05, 0.1) is 0 Å². The van der Waals surface area contributed by atoms with Crippen molar-refractivity contribution in [1.82, 2.24) is 4.57 Å². The zero-order chi connectivity index (χ0) is 11.8. The summed E-state index contributed by atoms with van der Waals surface area (Å²) >= 11 is 0. The molecule has 0 saturated heterocycles. The van der Waals surface area contributed by atoms with E-state index < -0.39 is 0 Å². The topological polar surface area (TPSA) is 4.93 Å². The second-order valence-corrected chi connectivity index (χ2v) is 4.78. The van der Waals surface area contributed by atoms with Gasteiger partial charge in [-0.3, -0.25) is 0 Å². The lowest BCUT2D eigenvalue weighted by Crippen LogP contribution is -1.93. The quantitative estimate of drug-likeness (QED) is 0.720. The number of para-hydroxylation sites is 1. The van der Waals surface area contributed by atoms with Crippen LogP contribution in [0.15, 0.2) is 54.3 Å². The van der Waals surface area contributed by atoms with Crippen LogP contribution in [0.2, 0.25) is 0 Å². The Kier molecular flexibility index (Phi) is 2.40. The predicted octanol–water partition coefficient (Wildman–Crippen LogP) is 4.17. The van der Waals surface area contributed by atoms with Gasteiger partial charge < -0.3 is 4.57 Å². The molecule has 1 aliphatic carbocycles. The Bertz CT molecular complexity index is 613. The summed E-state index contributed by atoms with van der Waals surface area (Å²) in [6, 6.07) is 8.63. The molecule has 0 amide bonds. The highest BCUT2D eigenvalue weighted by Gasteiger charge is 2.16. The van der Waals surface area contributed by atoms with Crippen molar-refractivity contribution < 1.29 is 0 Å². The van der Waals surface area contributed by atoms with E-state index in [2.05, 4.69) is 67.2 Å².